The van der Waals surface area contributed by atoms with E-state index in [0.29, 0.717) is 12.0 Å². The number of ketones is 1. The van der Waals surface area contributed by atoms with Gasteiger partial charge in [-0.1, -0.05) is 67.2 Å². The van der Waals surface area contributed by atoms with Gasteiger partial charge < -0.3 is 0 Å². The second-order valence-corrected chi connectivity index (χ2v) is 8.45. The molecule has 0 amide bonds. The molecule has 0 spiro atoms. The molecule has 0 radical (unpaired) electrons. The second kappa shape index (κ2) is 6.57. The largest absolute Gasteiger partial charge is 0.295 e. The molecule has 2 heteroatoms. The van der Waals surface area contributed by atoms with Gasteiger partial charge in [0.1, 0.15) is 0 Å². The van der Waals surface area contributed by atoms with Crippen molar-refractivity contribution in [1.82, 2.24) is 0 Å². The summed E-state index contributed by atoms with van der Waals surface area (Å²) in [5.41, 5.74) is 1.90. The predicted molar refractivity (Wildman–Crippen MR) is 122 cm³/mol. The molecule has 136 valence electrons. The van der Waals surface area contributed by atoms with Crippen LogP contribution in [0.4, 0.5) is 0 Å². The minimum atomic E-state index is 0.146. The molecule has 5 rings (SSSR count). The lowest BCUT2D eigenvalue weighted by Crippen LogP contribution is -2.00. The third-order valence-corrected chi connectivity index (χ3v) is 6.84. The van der Waals surface area contributed by atoms with Crippen LogP contribution in [0.2, 0.25) is 0 Å². The van der Waals surface area contributed by atoms with Crippen molar-refractivity contribution in [2.45, 2.75) is 19.8 Å². The van der Waals surface area contributed by atoms with Gasteiger partial charge in [0.2, 0.25) is 0 Å². The van der Waals surface area contributed by atoms with Crippen molar-refractivity contribution in [1.29, 1.82) is 0 Å². The molecular formula is C26H20OS. The van der Waals surface area contributed by atoms with Crippen molar-refractivity contribution in [3.63, 3.8) is 0 Å². The van der Waals surface area contributed by atoms with Gasteiger partial charge in [0.15, 0.2) is 5.78 Å². The number of Topliss-reactive ketones (excluding diaryl/α,β-unsaturated/α-hetero) is 1. The van der Waals surface area contributed by atoms with E-state index >= 15 is 0 Å². The van der Waals surface area contributed by atoms with Crippen LogP contribution in [0.3, 0.4) is 0 Å². The molecule has 0 aliphatic rings. The fraction of sp³-hybridized carbons (Fsp3) is 0.115. The first kappa shape index (κ1) is 17.2. The van der Waals surface area contributed by atoms with E-state index in [2.05, 4.69) is 73.3 Å². The second-order valence-electron chi connectivity index (χ2n) is 7.43. The number of thiophene rings is 1. The molecule has 1 aromatic heterocycles. The maximum absolute atomic E-state index is 12.2. The molecule has 28 heavy (non-hydrogen) atoms. The van der Waals surface area contributed by atoms with Crippen LogP contribution in [0.25, 0.3) is 41.7 Å². The molecule has 0 bridgehead atoms. The average molecular weight is 381 g/mol. The summed E-state index contributed by atoms with van der Waals surface area (Å²) >= 11 is 1.86. The van der Waals surface area contributed by atoms with Gasteiger partial charge in [0.25, 0.3) is 0 Å². The normalized spacial score (nSPS) is 11.6. The molecule has 0 N–H and O–H groups in total. The van der Waals surface area contributed by atoms with E-state index < -0.39 is 0 Å². The van der Waals surface area contributed by atoms with E-state index in [0.717, 1.165) is 6.42 Å². The summed E-state index contributed by atoms with van der Waals surface area (Å²) in [5, 5.41) is 7.72. The summed E-state index contributed by atoms with van der Waals surface area (Å²) in [6, 6.07) is 23.9. The van der Waals surface area contributed by atoms with Crippen molar-refractivity contribution in [3.05, 3.63) is 84.4 Å². The summed E-state index contributed by atoms with van der Waals surface area (Å²) in [7, 11) is 0. The zero-order chi connectivity index (χ0) is 19.3. The lowest BCUT2D eigenvalue weighted by molar-refractivity contribution is -0.115. The highest BCUT2D eigenvalue weighted by Crippen LogP contribution is 2.43. The van der Waals surface area contributed by atoms with Gasteiger partial charge >= 0.3 is 0 Å². The zero-order valence-electron chi connectivity index (χ0n) is 15.8. The van der Waals surface area contributed by atoms with E-state index in [1.54, 1.807) is 6.92 Å². The molecule has 4 aromatic carbocycles. The first-order valence-corrected chi connectivity index (χ1v) is 10.4. The highest BCUT2D eigenvalue weighted by molar-refractivity contribution is 7.27. The van der Waals surface area contributed by atoms with E-state index in [9.17, 15) is 4.79 Å². The molecule has 0 saturated heterocycles. The molecule has 0 saturated carbocycles. The number of hydrogen-bond donors (Lipinski definition) is 0. The molecule has 0 aliphatic carbocycles. The lowest BCUT2D eigenvalue weighted by Gasteiger charge is -2.07. The standard InChI is InChI=1S/C26H20OS/c1-16(2)23(27)14-12-19-15-18-8-4-5-9-20(18)24-22-13-11-17-7-3-6-10-21(17)26(22)28-25(19)24/h3-11,13,15H,1,12,14H2,2H3. The average Bonchev–Trinajstić information content (AvgIpc) is 3.12. The summed E-state index contributed by atoms with van der Waals surface area (Å²) in [6.45, 7) is 5.60. The minimum Gasteiger partial charge on any atom is -0.295 e. The highest BCUT2D eigenvalue weighted by atomic mass is 32.1. The number of aryl methyl sites for hydroxylation is 1. The van der Waals surface area contributed by atoms with Crippen LogP contribution < -0.4 is 0 Å². The van der Waals surface area contributed by atoms with E-state index in [4.69, 9.17) is 0 Å². The number of carbonyl (C=O) groups excluding carboxylic acids is 1. The highest BCUT2D eigenvalue weighted by Gasteiger charge is 2.15. The van der Waals surface area contributed by atoms with Gasteiger partial charge in [-0.3, -0.25) is 4.79 Å². The summed E-state index contributed by atoms with van der Waals surface area (Å²) in [4.78, 5) is 12.2. The first-order chi connectivity index (χ1) is 13.6. The van der Waals surface area contributed by atoms with Crippen LogP contribution in [0, 0.1) is 0 Å². The minimum absolute atomic E-state index is 0.146. The molecule has 0 aliphatic heterocycles. The molecule has 5 aromatic rings. The SMILES string of the molecule is C=C(C)C(=O)CCc1cc2ccccc2c2c1sc1c3ccccc3ccc12. The summed E-state index contributed by atoms with van der Waals surface area (Å²) in [6.07, 6.45) is 1.26. The predicted octanol–water partition coefficient (Wildman–Crippen LogP) is 7.44. The third-order valence-electron chi connectivity index (χ3n) is 5.53. The number of fused-ring (bicyclic) bond motifs is 7. The first-order valence-electron chi connectivity index (χ1n) is 9.57. The maximum Gasteiger partial charge on any atom is 0.158 e. The number of carbonyl (C=O) groups is 1. The van der Waals surface area contributed by atoms with Crippen LogP contribution in [-0.4, -0.2) is 5.78 Å². The molecule has 0 unspecified atom stereocenters. The van der Waals surface area contributed by atoms with Crippen molar-refractivity contribution in [2.24, 2.45) is 0 Å². The van der Waals surface area contributed by atoms with Crippen molar-refractivity contribution < 1.29 is 4.79 Å². The molecule has 1 nitrogen and oxygen atoms in total. The number of allylic oxidation sites excluding steroid dienone is 1. The Morgan fingerprint density at radius 3 is 2.36 bits per heavy atom. The monoisotopic (exact) mass is 380 g/mol. The Hall–Kier alpha value is -2.97. The fourth-order valence-electron chi connectivity index (χ4n) is 4.07. The van der Waals surface area contributed by atoms with Gasteiger partial charge in [0.05, 0.1) is 0 Å². The number of rotatable bonds is 4. The Labute approximate surface area is 167 Å². The Morgan fingerprint density at radius 2 is 1.57 bits per heavy atom. The zero-order valence-corrected chi connectivity index (χ0v) is 16.6. The van der Waals surface area contributed by atoms with Gasteiger partial charge in [0, 0.05) is 26.6 Å². The van der Waals surface area contributed by atoms with E-state index in [1.165, 1.54) is 47.3 Å². The van der Waals surface area contributed by atoms with Crippen molar-refractivity contribution in [2.75, 3.05) is 0 Å². The van der Waals surface area contributed by atoms with Crippen LogP contribution in [0.15, 0.2) is 78.9 Å². The molecule has 0 fully saturated rings. The summed E-state index contributed by atoms with van der Waals surface area (Å²) < 4.78 is 2.64. The molecular weight excluding hydrogens is 360 g/mol. The maximum atomic E-state index is 12.2. The lowest BCUT2D eigenvalue weighted by atomic mass is 9.96. The van der Waals surface area contributed by atoms with Gasteiger partial charge in [-0.15, -0.1) is 11.3 Å². The summed E-state index contributed by atoms with van der Waals surface area (Å²) in [5.74, 6) is 0.146. The third kappa shape index (κ3) is 2.64. The Bertz CT molecular complexity index is 1400. The van der Waals surface area contributed by atoms with Crippen LogP contribution in [0.5, 0.6) is 0 Å². The van der Waals surface area contributed by atoms with Gasteiger partial charge in [-0.25, -0.2) is 0 Å². The Balaban J connectivity index is 1.85. The molecule has 0 atom stereocenters. The number of benzene rings is 4. The smallest absolute Gasteiger partial charge is 0.158 e. The number of hydrogen-bond acceptors (Lipinski definition) is 2. The topological polar surface area (TPSA) is 17.1 Å². The van der Waals surface area contributed by atoms with Crippen LogP contribution in [0.1, 0.15) is 18.9 Å². The van der Waals surface area contributed by atoms with Crippen molar-refractivity contribution in [3.8, 4) is 0 Å². The van der Waals surface area contributed by atoms with Crippen molar-refractivity contribution >= 4 is 58.8 Å². The fourth-order valence-corrected chi connectivity index (χ4v) is 5.46. The van der Waals surface area contributed by atoms with Gasteiger partial charge in [-0.2, -0.15) is 0 Å². The Morgan fingerprint density at radius 1 is 0.857 bits per heavy atom. The van der Waals surface area contributed by atoms with E-state index in [-0.39, 0.29) is 5.78 Å². The molecule has 1 heterocycles. The quantitative estimate of drug-likeness (QED) is 0.296. The van der Waals surface area contributed by atoms with Gasteiger partial charge in [-0.05, 0) is 52.1 Å². The van der Waals surface area contributed by atoms with Crippen LogP contribution in [-0.2, 0) is 11.2 Å². The Kier molecular flexibility index (Phi) is 4.03. The van der Waals surface area contributed by atoms with E-state index in [1.807, 2.05) is 11.3 Å². The van der Waals surface area contributed by atoms with Crippen LogP contribution >= 0.6 is 11.3 Å².